The van der Waals surface area contributed by atoms with Crippen LogP contribution in [0, 0.1) is 0 Å². The maximum atomic E-state index is 12.7. The molecule has 11 N–H and O–H groups in total. The summed E-state index contributed by atoms with van der Waals surface area (Å²) >= 11 is 0. The van der Waals surface area contributed by atoms with Crippen LogP contribution in [-0.2, 0) is 4.74 Å². The second-order valence-electron chi connectivity index (χ2n) is 6.74. The molecule has 1 aliphatic heterocycles. The number of nitrogens with two attached hydrogens (primary N) is 3. The maximum absolute atomic E-state index is 12.7. The van der Waals surface area contributed by atoms with Gasteiger partial charge in [0.05, 0.1) is 17.6 Å². The number of H-pyrrole nitrogens is 1. The second kappa shape index (κ2) is 8.66. The van der Waals surface area contributed by atoms with Crippen LogP contribution in [0.1, 0.15) is 23.0 Å². The van der Waals surface area contributed by atoms with E-state index in [1.165, 1.54) is 10.8 Å². The van der Waals surface area contributed by atoms with Gasteiger partial charge in [0.15, 0.2) is 17.8 Å². The molecule has 2 aromatic rings. The van der Waals surface area contributed by atoms with Gasteiger partial charge in [-0.3, -0.25) is 19.6 Å². The van der Waals surface area contributed by atoms with Crippen molar-refractivity contribution in [3.63, 3.8) is 0 Å². The number of aliphatic imine (C=N–C) groups is 1. The van der Waals surface area contributed by atoms with Gasteiger partial charge in [-0.15, -0.1) is 0 Å². The molecule has 0 aromatic carbocycles. The molecular weight excluding hydrogens is 400 g/mol. The number of fused-ring (bicyclic) bond motifs is 1. The SMILES string of the molecule is NC(N)=NCCCNC(=O)c1cn(C2O[C@H](CO)[C@@H](O)[C@H]2O)c2nc(N)[nH]c(=O)c12. The van der Waals surface area contributed by atoms with Gasteiger partial charge in [0.2, 0.25) is 5.95 Å². The number of ether oxygens (including phenoxy) is 1. The predicted molar refractivity (Wildman–Crippen MR) is 105 cm³/mol. The summed E-state index contributed by atoms with van der Waals surface area (Å²) in [6.07, 6.45) is -3.32. The van der Waals surface area contributed by atoms with Crippen molar-refractivity contribution in [2.24, 2.45) is 16.5 Å². The predicted octanol–water partition coefficient (Wildman–Crippen LogP) is -3.69. The number of aromatic nitrogens is 3. The number of rotatable bonds is 7. The average molecular weight is 424 g/mol. The zero-order valence-corrected chi connectivity index (χ0v) is 15.9. The lowest BCUT2D eigenvalue weighted by Gasteiger charge is -2.17. The number of nitrogen functional groups attached to an aromatic ring is 1. The molecule has 0 bridgehead atoms. The highest BCUT2D eigenvalue weighted by Crippen LogP contribution is 2.32. The third-order valence-corrected chi connectivity index (χ3v) is 4.65. The molecule has 1 fully saturated rings. The fraction of sp³-hybridized carbons (Fsp3) is 0.500. The number of anilines is 1. The van der Waals surface area contributed by atoms with Gasteiger partial charge in [-0.25, -0.2) is 0 Å². The summed E-state index contributed by atoms with van der Waals surface area (Å²) in [4.78, 5) is 35.3. The first kappa shape index (κ1) is 21.5. The Morgan fingerprint density at radius 1 is 1.37 bits per heavy atom. The Bertz CT molecular complexity index is 1010. The Labute approximate surface area is 169 Å². The van der Waals surface area contributed by atoms with Crippen LogP contribution in [0.2, 0.25) is 0 Å². The molecule has 0 saturated carbocycles. The smallest absolute Gasteiger partial charge is 0.262 e. The van der Waals surface area contributed by atoms with Crippen molar-refractivity contribution in [2.45, 2.75) is 31.0 Å². The van der Waals surface area contributed by atoms with E-state index in [2.05, 4.69) is 20.3 Å². The maximum Gasteiger partial charge on any atom is 0.262 e. The van der Waals surface area contributed by atoms with Gasteiger partial charge in [0, 0.05) is 19.3 Å². The van der Waals surface area contributed by atoms with E-state index in [0.717, 1.165) is 0 Å². The lowest BCUT2D eigenvalue weighted by Crippen LogP contribution is -2.33. The Morgan fingerprint density at radius 2 is 2.10 bits per heavy atom. The fourth-order valence-corrected chi connectivity index (χ4v) is 3.23. The number of nitrogens with zero attached hydrogens (tertiary/aromatic N) is 3. The minimum absolute atomic E-state index is 0.0169. The number of aromatic amines is 1. The van der Waals surface area contributed by atoms with Gasteiger partial charge in [0.1, 0.15) is 18.3 Å². The molecule has 1 aliphatic rings. The molecule has 164 valence electrons. The van der Waals surface area contributed by atoms with Crippen molar-refractivity contribution in [1.29, 1.82) is 0 Å². The van der Waals surface area contributed by atoms with E-state index in [1.807, 2.05) is 0 Å². The monoisotopic (exact) mass is 424 g/mol. The van der Waals surface area contributed by atoms with Crippen molar-refractivity contribution in [3.05, 3.63) is 22.1 Å². The number of carbonyl (C=O) groups excluding carboxylic acids is 1. The van der Waals surface area contributed by atoms with Crippen LogP contribution in [0.15, 0.2) is 16.0 Å². The number of aliphatic hydroxyl groups is 3. The molecule has 0 radical (unpaired) electrons. The number of hydrogen-bond acceptors (Lipinski definition) is 9. The van der Waals surface area contributed by atoms with Crippen LogP contribution in [0.3, 0.4) is 0 Å². The largest absolute Gasteiger partial charge is 0.394 e. The molecule has 4 atom stereocenters. The highest BCUT2D eigenvalue weighted by molar-refractivity contribution is 6.06. The molecule has 1 unspecified atom stereocenters. The molecule has 30 heavy (non-hydrogen) atoms. The van der Waals surface area contributed by atoms with Gasteiger partial charge in [-0.1, -0.05) is 0 Å². The van der Waals surface area contributed by atoms with E-state index < -0.39 is 42.6 Å². The average Bonchev–Trinajstić information content (AvgIpc) is 3.19. The van der Waals surface area contributed by atoms with Crippen LogP contribution < -0.4 is 28.1 Å². The van der Waals surface area contributed by atoms with Gasteiger partial charge in [0.25, 0.3) is 11.5 Å². The summed E-state index contributed by atoms with van der Waals surface area (Å²) < 4.78 is 6.72. The Hall–Kier alpha value is -3.20. The summed E-state index contributed by atoms with van der Waals surface area (Å²) in [5.41, 5.74) is 15.4. The molecular formula is C16H24N8O6. The van der Waals surface area contributed by atoms with E-state index >= 15 is 0 Å². The number of nitrogens with one attached hydrogen (secondary N) is 2. The molecule has 1 saturated heterocycles. The second-order valence-corrected chi connectivity index (χ2v) is 6.74. The molecule has 3 rings (SSSR count). The molecule has 14 heteroatoms. The molecule has 14 nitrogen and oxygen atoms in total. The van der Waals surface area contributed by atoms with Crippen LogP contribution in [-0.4, -0.2) is 79.7 Å². The van der Waals surface area contributed by atoms with Crippen molar-refractivity contribution in [3.8, 4) is 0 Å². The first-order valence-electron chi connectivity index (χ1n) is 9.11. The number of carbonyl (C=O) groups is 1. The quantitative estimate of drug-likeness (QED) is 0.123. The van der Waals surface area contributed by atoms with Gasteiger partial charge < -0.3 is 47.1 Å². The van der Waals surface area contributed by atoms with Crippen LogP contribution >= 0.6 is 0 Å². The lowest BCUT2D eigenvalue weighted by molar-refractivity contribution is -0.0508. The number of hydrogen-bond donors (Lipinski definition) is 8. The molecule has 1 amide bonds. The number of amides is 1. The van der Waals surface area contributed by atoms with Crippen LogP contribution in [0.5, 0.6) is 0 Å². The molecule has 0 aliphatic carbocycles. The van der Waals surface area contributed by atoms with E-state index in [4.69, 9.17) is 21.9 Å². The molecule has 0 spiro atoms. The van der Waals surface area contributed by atoms with E-state index in [-0.39, 0.29) is 35.0 Å². The van der Waals surface area contributed by atoms with Crippen molar-refractivity contribution in [2.75, 3.05) is 25.4 Å². The normalized spacial score (nSPS) is 23.6. The third kappa shape index (κ3) is 4.06. The van der Waals surface area contributed by atoms with Crippen molar-refractivity contribution >= 4 is 28.8 Å². The molecule has 2 aromatic heterocycles. The lowest BCUT2D eigenvalue weighted by atomic mass is 10.1. The summed E-state index contributed by atoms with van der Waals surface area (Å²) in [5, 5.41) is 32.2. The Kier molecular flexibility index (Phi) is 6.21. The summed E-state index contributed by atoms with van der Waals surface area (Å²) in [6, 6.07) is 0. The summed E-state index contributed by atoms with van der Waals surface area (Å²) in [5.74, 6) is -0.840. The van der Waals surface area contributed by atoms with E-state index in [9.17, 15) is 24.9 Å². The summed E-state index contributed by atoms with van der Waals surface area (Å²) in [7, 11) is 0. The molecule has 3 heterocycles. The fourth-order valence-electron chi connectivity index (χ4n) is 3.23. The highest BCUT2D eigenvalue weighted by Gasteiger charge is 2.44. The Morgan fingerprint density at radius 3 is 2.73 bits per heavy atom. The first-order chi connectivity index (χ1) is 14.2. The van der Waals surface area contributed by atoms with E-state index in [0.29, 0.717) is 13.0 Å². The Balaban J connectivity index is 1.93. The van der Waals surface area contributed by atoms with Gasteiger partial charge in [-0.2, -0.15) is 4.98 Å². The van der Waals surface area contributed by atoms with Crippen molar-refractivity contribution in [1.82, 2.24) is 19.9 Å². The van der Waals surface area contributed by atoms with Gasteiger partial charge >= 0.3 is 0 Å². The standard InChI is InChI=1S/C16H24N8O6/c17-15(18)21-3-1-2-20-12(28)6-4-24(11-8(6)13(29)23-16(19)22-11)14-10(27)9(26)7(5-25)30-14/h4,7,9-10,14,25-27H,1-3,5H2,(H,20,28)(H4,17,18,21)(H3,19,22,23,29)/t7-,9-,10-,14?/m1/s1. The minimum atomic E-state index is -1.43. The zero-order chi connectivity index (χ0) is 22.0. The topological polar surface area (TPSA) is 240 Å². The zero-order valence-electron chi connectivity index (χ0n) is 15.9. The highest BCUT2D eigenvalue weighted by atomic mass is 16.6. The summed E-state index contributed by atoms with van der Waals surface area (Å²) in [6.45, 7) is 0.00918. The van der Waals surface area contributed by atoms with E-state index in [1.54, 1.807) is 0 Å². The van der Waals surface area contributed by atoms with Crippen LogP contribution in [0.4, 0.5) is 5.95 Å². The van der Waals surface area contributed by atoms with Gasteiger partial charge in [-0.05, 0) is 6.42 Å². The number of guanidine groups is 1. The van der Waals surface area contributed by atoms with Crippen LogP contribution in [0.25, 0.3) is 11.0 Å². The number of aliphatic hydroxyl groups excluding tert-OH is 3. The minimum Gasteiger partial charge on any atom is -0.394 e. The van der Waals surface area contributed by atoms with Crippen molar-refractivity contribution < 1.29 is 24.9 Å². The third-order valence-electron chi connectivity index (χ3n) is 4.65. The first-order valence-corrected chi connectivity index (χ1v) is 9.11.